The third kappa shape index (κ3) is 4.57. The lowest BCUT2D eigenvalue weighted by atomic mass is 9.90. The van der Waals surface area contributed by atoms with Crippen LogP contribution in [-0.2, 0) is 0 Å². The van der Waals surface area contributed by atoms with Crippen LogP contribution in [0.3, 0.4) is 0 Å². The molecule has 1 aromatic rings. The first-order valence-corrected chi connectivity index (χ1v) is 8.45. The lowest BCUT2D eigenvalue weighted by Gasteiger charge is -2.38. The number of rotatable bonds is 3. The zero-order valence-corrected chi connectivity index (χ0v) is 15.8. The van der Waals surface area contributed by atoms with Crippen molar-refractivity contribution in [3.05, 3.63) is 34.1 Å². The highest BCUT2D eigenvalue weighted by Gasteiger charge is 2.32. The van der Waals surface area contributed by atoms with E-state index in [2.05, 4.69) is 26.1 Å². The first kappa shape index (κ1) is 20.2. The van der Waals surface area contributed by atoms with Gasteiger partial charge in [0.25, 0.3) is 0 Å². The smallest absolute Gasteiger partial charge is 0.137 e. The minimum Gasteiger partial charge on any atom is -0.314 e. The molecule has 126 valence electrons. The molecule has 2 aliphatic rings. The monoisotopic (exact) mass is 412 g/mol. The summed E-state index contributed by atoms with van der Waals surface area (Å²) in [7, 11) is 0. The van der Waals surface area contributed by atoms with Crippen molar-refractivity contribution < 1.29 is 4.39 Å². The van der Waals surface area contributed by atoms with Gasteiger partial charge < -0.3 is 5.32 Å². The molecule has 0 unspecified atom stereocenters. The molecule has 6 heteroatoms. The van der Waals surface area contributed by atoms with Crippen molar-refractivity contribution in [1.29, 1.82) is 0 Å². The molecular weight excluding hydrogens is 390 g/mol. The van der Waals surface area contributed by atoms with Gasteiger partial charge in [-0.2, -0.15) is 0 Å². The van der Waals surface area contributed by atoms with Gasteiger partial charge in [-0.05, 0) is 52.4 Å². The van der Waals surface area contributed by atoms with Gasteiger partial charge in [0, 0.05) is 32.2 Å². The van der Waals surface area contributed by atoms with Crippen LogP contribution in [0.4, 0.5) is 4.39 Å². The molecular formula is C16H24BrCl2FN2. The summed E-state index contributed by atoms with van der Waals surface area (Å²) >= 11 is 3.34. The number of piperazine rings is 1. The standard InChI is InChI=1S/C16H22BrFN2.2ClH/c17-14-11-13(5-6-15(14)18)16(12-3-1-2-4-12)20-9-7-19-8-10-20;;/h5-6,11-12,16,19H,1-4,7-10H2;2*1H/t16-;;/m1../s1. The van der Waals surface area contributed by atoms with E-state index in [1.807, 2.05) is 12.1 Å². The average Bonchev–Trinajstić information content (AvgIpc) is 2.98. The van der Waals surface area contributed by atoms with Crippen molar-refractivity contribution >= 4 is 40.7 Å². The summed E-state index contributed by atoms with van der Waals surface area (Å²) in [4.78, 5) is 2.59. The lowest BCUT2D eigenvalue weighted by Crippen LogP contribution is -2.46. The quantitative estimate of drug-likeness (QED) is 0.780. The van der Waals surface area contributed by atoms with E-state index in [1.54, 1.807) is 6.07 Å². The molecule has 1 heterocycles. The molecule has 1 aliphatic heterocycles. The van der Waals surface area contributed by atoms with Crippen molar-refractivity contribution in [3.63, 3.8) is 0 Å². The number of hydrogen-bond donors (Lipinski definition) is 1. The predicted molar refractivity (Wildman–Crippen MR) is 97.7 cm³/mol. The van der Waals surface area contributed by atoms with Crippen LogP contribution >= 0.6 is 40.7 Å². The van der Waals surface area contributed by atoms with E-state index in [1.165, 1.54) is 31.2 Å². The molecule has 1 saturated heterocycles. The molecule has 0 bridgehead atoms. The number of halogens is 4. The maximum atomic E-state index is 13.5. The molecule has 1 atom stereocenters. The van der Waals surface area contributed by atoms with E-state index in [9.17, 15) is 4.39 Å². The molecule has 1 N–H and O–H groups in total. The number of nitrogens with one attached hydrogen (secondary N) is 1. The third-order valence-electron chi connectivity index (χ3n) is 4.68. The van der Waals surface area contributed by atoms with E-state index in [0.717, 1.165) is 32.1 Å². The zero-order valence-electron chi connectivity index (χ0n) is 12.6. The predicted octanol–water partition coefficient (Wildman–Crippen LogP) is 4.57. The van der Waals surface area contributed by atoms with Crippen molar-refractivity contribution in [2.75, 3.05) is 26.2 Å². The van der Waals surface area contributed by atoms with E-state index in [-0.39, 0.29) is 30.6 Å². The molecule has 2 nitrogen and oxygen atoms in total. The Morgan fingerprint density at radius 1 is 1.14 bits per heavy atom. The van der Waals surface area contributed by atoms with Gasteiger partial charge in [-0.25, -0.2) is 4.39 Å². The highest BCUT2D eigenvalue weighted by molar-refractivity contribution is 9.10. The van der Waals surface area contributed by atoms with Crippen LogP contribution < -0.4 is 5.32 Å². The Hall–Kier alpha value is 0.130. The first-order chi connectivity index (χ1) is 9.75. The maximum Gasteiger partial charge on any atom is 0.137 e. The number of benzene rings is 1. The van der Waals surface area contributed by atoms with Gasteiger partial charge in [0.05, 0.1) is 4.47 Å². The van der Waals surface area contributed by atoms with Crippen LogP contribution in [0.15, 0.2) is 22.7 Å². The largest absolute Gasteiger partial charge is 0.314 e. The van der Waals surface area contributed by atoms with Crippen molar-refractivity contribution in [2.24, 2.45) is 5.92 Å². The Balaban J connectivity index is 0.00000121. The fourth-order valence-corrected chi connectivity index (χ4v) is 4.11. The second kappa shape index (κ2) is 9.43. The normalized spacial score (nSPS) is 21.0. The minimum atomic E-state index is -0.167. The van der Waals surface area contributed by atoms with Crippen LogP contribution in [0.2, 0.25) is 0 Å². The highest BCUT2D eigenvalue weighted by Crippen LogP contribution is 2.40. The molecule has 0 radical (unpaired) electrons. The number of nitrogens with zero attached hydrogens (tertiary/aromatic N) is 1. The minimum absolute atomic E-state index is 0. The van der Waals surface area contributed by atoms with E-state index < -0.39 is 0 Å². The second-order valence-corrected chi connectivity index (χ2v) is 6.80. The Labute approximate surface area is 153 Å². The summed E-state index contributed by atoms with van der Waals surface area (Å²) in [5.41, 5.74) is 1.27. The summed E-state index contributed by atoms with van der Waals surface area (Å²) in [6.07, 6.45) is 5.30. The topological polar surface area (TPSA) is 15.3 Å². The lowest BCUT2D eigenvalue weighted by molar-refractivity contribution is 0.125. The van der Waals surface area contributed by atoms with Crippen LogP contribution in [-0.4, -0.2) is 31.1 Å². The fraction of sp³-hybridized carbons (Fsp3) is 0.625. The van der Waals surface area contributed by atoms with Crippen LogP contribution in [0.25, 0.3) is 0 Å². The first-order valence-electron chi connectivity index (χ1n) is 7.65. The molecule has 1 saturated carbocycles. The van der Waals surface area contributed by atoms with Crippen LogP contribution in [0.5, 0.6) is 0 Å². The van der Waals surface area contributed by atoms with Gasteiger partial charge in [0.1, 0.15) is 5.82 Å². The Morgan fingerprint density at radius 3 is 2.36 bits per heavy atom. The van der Waals surface area contributed by atoms with E-state index >= 15 is 0 Å². The van der Waals surface area contributed by atoms with Gasteiger partial charge >= 0.3 is 0 Å². The Morgan fingerprint density at radius 2 is 1.77 bits per heavy atom. The summed E-state index contributed by atoms with van der Waals surface area (Å²) in [6.45, 7) is 4.31. The molecule has 0 spiro atoms. The molecule has 0 amide bonds. The molecule has 1 aromatic carbocycles. The summed E-state index contributed by atoms with van der Waals surface area (Å²) in [6, 6.07) is 6.02. The second-order valence-electron chi connectivity index (χ2n) is 5.95. The summed E-state index contributed by atoms with van der Waals surface area (Å²) in [5.74, 6) is 0.560. The molecule has 22 heavy (non-hydrogen) atoms. The maximum absolute atomic E-state index is 13.5. The van der Waals surface area contributed by atoms with Gasteiger partial charge in [-0.3, -0.25) is 4.90 Å². The van der Waals surface area contributed by atoms with Crippen molar-refractivity contribution in [3.8, 4) is 0 Å². The SMILES string of the molecule is Cl.Cl.Fc1ccc([C@@H](C2CCCC2)N2CCNCC2)cc1Br. The molecule has 2 fully saturated rings. The van der Waals surface area contributed by atoms with Crippen molar-refractivity contribution in [1.82, 2.24) is 10.2 Å². The molecule has 1 aliphatic carbocycles. The van der Waals surface area contributed by atoms with Crippen LogP contribution in [0, 0.1) is 11.7 Å². The van der Waals surface area contributed by atoms with E-state index in [4.69, 9.17) is 0 Å². The van der Waals surface area contributed by atoms with Gasteiger partial charge in [-0.1, -0.05) is 18.9 Å². The van der Waals surface area contributed by atoms with Crippen molar-refractivity contribution in [2.45, 2.75) is 31.7 Å². The van der Waals surface area contributed by atoms with Gasteiger partial charge in [-0.15, -0.1) is 24.8 Å². The van der Waals surface area contributed by atoms with Gasteiger partial charge in [0.15, 0.2) is 0 Å². The number of hydrogen-bond acceptors (Lipinski definition) is 2. The Kier molecular flexibility index (Phi) is 8.65. The highest BCUT2D eigenvalue weighted by atomic mass is 79.9. The zero-order chi connectivity index (χ0) is 13.9. The third-order valence-corrected chi connectivity index (χ3v) is 5.28. The Bertz CT molecular complexity index is 463. The molecule has 3 rings (SSSR count). The average molecular weight is 414 g/mol. The summed E-state index contributed by atoms with van der Waals surface area (Å²) < 4.78 is 14.1. The fourth-order valence-electron chi connectivity index (χ4n) is 3.71. The molecule has 0 aromatic heterocycles. The van der Waals surface area contributed by atoms with Crippen LogP contribution in [0.1, 0.15) is 37.3 Å². The van der Waals surface area contributed by atoms with E-state index in [0.29, 0.717) is 10.5 Å². The summed E-state index contributed by atoms with van der Waals surface area (Å²) in [5, 5.41) is 3.42. The van der Waals surface area contributed by atoms with Gasteiger partial charge in [0.2, 0.25) is 0 Å².